The van der Waals surface area contributed by atoms with Gasteiger partial charge >= 0.3 is 5.97 Å². The van der Waals surface area contributed by atoms with Gasteiger partial charge in [0, 0.05) is 12.6 Å². The number of rotatable bonds is 2. The molecule has 1 aromatic rings. The Balaban J connectivity index is 1.94. The number of nitrogen functional groups attached to an aromatic ring is 1. The van der Waals surface area contributed by atoms with Crippen LogP contribution in [0.2, 0.25) is 0 Å². The van der Waals surface area contributed by atoms with Crippen molar-refractivity contribution in [3.63, 3.8) is 0 Å². The predicted octanol–water partition coefficient (Wildman–Crippen LogP) is 2.52. The molecule has 2 heterocycles. The zero-order chi connectivity index (χ0) is 14.1. The van der Waals surface area contributed by atoms with E-state index >= 15 is 0 Å². The summed E-state index contributed by atoms with van der Waals surface area (Å²) in [6.45, 7) is 0.932. The monoisotopic (exact) mass is 275 g/mol. The van der Waals surface area contributed by atoms with E-state index in [9.17, 15) is 4.79 Å². The smallest absolute Gasteiger partial charge is 0.354 e. The number of aromatic carboxylic acids is 1. The van der Waals surface area contributed by atoms with E-state index in [0.717, 1.165) is 13.0 Å². The van der Waals surface area contributed by atoms with Gasteiger partial charge < -0.3 is 15.7 Å². The van der Waals surface area contributed by atoms with E-state index in [1.54, 1.807) is 6.07 Å². The Kier molecular flexibility index (Phi) is 3.51. The third-order valence-corrected chi connectivity index (χ3v) is 4.64. The molecule has 0 radical (unpaired) electrons. The zero-order valence-electron chi connectivity index (χ0n) is 11.6. The Bertz CT molecular complexity index is 516. The molecule has 0 aromatic carbocycles. The first kappa shape index (κ1) is 13.2. The van der Waals surface area contributed by atoms with Crippen LogP contribution in [-0.2, 0) is 0 Å². The molecule has 20 heavy (non-hydrogen) atoms. The highest BCUT2D eigenvalue weighted by Gasteiger charge is 2.34. The molecule has 0 unspecified atom stereocenters. The number of carboxylic acid groups (broad SMARTS) is 1. The van der Waals surface area contributed by atoms with Gasteiger partial charge in [-0.15, -0.1) is 0 Å². The molecule has 2 atom stereocenters. The number of nitrogens with zero attached hydrogens (tertiary/aromatic N) is 2. The van der Waals surface area contributed by atoms with Crippen LogP contribution in [0.25, 0.3) is 0 Å². The van der Waals surface area contributed by atoms with Crippen molar-refractivity contribution >= 4 is 17.5 Å². The zero-order valence-corrected chi connectivity index (χ0v) is 11.6. The molecule has 0 bridgehead atoms. The minimum atomic E-state index is -0.997. The minimum absolute atomic E-state index is 0.0760. The fraction of sp³-hybridized carbons (Fsp3) is 0.600. The molecule has 1 aromatic heterocycles. The molecule has 5 heteroatoms. The number of carbonyl (C=O) groups is 1. The lowest BCUT2D eigenvalue weighted by Crippen LogP contribution is -2.47. The van der Waals surface area contributed by atoms with Crippen LogP contribution < -0.4 is 10.6 Å². The van der Waals surface area contributed by atoms with Gasteiger partial charge in [0.2, 0.25) is 0 Å². The summed E-state index contributed by atoms with van der Waals surface area (Å²) in [7, 11) is 0. The van der Waals surface area contributed by atoms with Crippen molar-refractivity contribution < 1.29 is 9.90 Å². The molecule has 1 saturated heterocycles. The molecular weight excluding hydrogens is 254 g/mol. The molecule has 1 aliphatic carbocycles. The van der Waals surface area contributed by atoms with Gasteiger partial charge in [-0.2, -0.15) is 0 Å². The summed E-state index contributed by atoms with van der Waals surface area (Å²) in [5.74, 6) is 0.386. The van der Waals surface area contributed by atoms with E-state index in [2.05, 4.69) is 9.88 Å². The van der Waals surface area contributed by atoms with Gasteiger partial charge in [0.05, 0.1) is 5.69 Å². The molecule has 1 aliphatic heterocycles. The fourth-order valence-corrected chi connectivity index (χ4v) is 3.70. The van der Waals surface area contributed by atoms with Gasteiger partial charge in [0.1, 0.15) is 0 Å². The summed E-state index contributed by atoms with van der Waals surface area (Å²) in [5, 5.41) is 9.11. The highest BCUT2D eigenvalue weighted by molar-refractivity contribution is 5.87. The van der Waals surface area contributed by atoms with Crippen molar-refractivity contribution in [3.05, 3.63) is 17.8 Å². The number of hydrogen-bond acceptors (Lipinski definition) is 4. The van der Waals surface area contributed by atoms with E-state index in [4.69, 9.17) is 10.8 Å². The van der Waals surface area contributed by atoms with Crippen LogP contribution in [0, 0.1) is 5.92 Å². The average molecular weight is 275 g/mol. The number of fused-ring (bicyclic) bond motifs is 1. The SMILES string of the molecule is Nc1ccc(C(=O)O)nc1N1CCC[C@H]2CCCC[C@H]21. The van der Waals surface area contributed by atoms with Crippen LogP contribution in [0.3, 0.4) is 0 Å². The van der Waals surface area contributed by atoms with Gasteiger partial charge in [0.15, 0.2) is 11.5 Å². The van der Waals surface area contributed by atoms with E-state index in [1.165, 1.54) is 38.2 Å². The molecule has 0 amide bonds. The van der Waals surface area contributed by atoms with E-state index in [1.807, 2.05) is 0 Å². The Morgan fingerprint density at radius 3 is 2.80 bits per heavy atom. The maximum atomic E-state index is 11.1. The molecule has 2 aliphatic rings. The molecule has 3 N–H and O–H groups in total. The molecule has 1 saturated carbocycles. The lowest BCUT2D eigenvalue weighted by molar-refractivity contribution is 0.0690. The van der Waals surface area contributed by atoms with Crippen LogP contribution in [0.4, 0.5) is 11.5 Å². The molecule has 108 valence electrons. The lowest BCUT2D eigenvalue weighted by Gasteiger charge is -2.45. The molecule has 3 rings (SSSR count). The Morgan fingerprint density at radius 2 is 2.00 bits per heavy atom. The Labute approximate surface area is 118 Å². The third kappa shape index (κ3) is 2.32. The topological polar surface area (TPSA) is 79.5 Å². The predicted molar refractivity (Wildman–Crippen MR) is 77.9 cm³/mol. The number of anilines is 2. The Morgan fingerprint density at radius 1 is 1.25 bits per heavy atom. The van der Waals surface area contributed by atoms with E-state index < -0.39 is 5.97 Å². The minimum Gasteiger partial charge on any atom is -0.477 e. The van der Waals surface area contributed by atoms with Crippen molar-refractivity contribution in [2.45, 2.75) is 44.6 Å². The van der Waals surface area contributed by atoms with Crippen LogP contribution >= 0.6 is 0 Å². The van der Waals surface area contributed by atoms with Gasteiger partial charge in [-0.05, 0) is 43.7 Å². The molecule has 2 fully saturated rings. The van der Waals surface area contributed by atoms with Gasteiger partial charge in [-0.3, -0.25) is 0 Å². The lowest BCUT2D eigenvalue weighted by atomic mass is 9.78. The normalized spacial score (nSPS) is 26.1. The molecule has 5 nitrogen and oxygen atoms in total. The fourth-order valence-electron chi connectivity index (χ4n) is 3.70. The van der Waals surface area contributed by atoms with Crippen molar-refractivity contribution in [1.29, 1.82) is 0 Å². The summed E-state index contributed by atoms with van der Waals surface area (Å²) >= 11 is 0. The number of pyridine rings is 1. The molecule has 0 spiro atoms. The van der Waals surface area contributed by atoms with Gasteiger partial charge in [0.25, 0.3) is 0 Å². The van der Waals surface area contributed by atoms with Crippen molar-refractivity contribution in [2.24, 2.45) is 5.92 Å². The van der Waals surface area contributed by atoms with Gasteiger partial charge in [-0.25, -0.2) is 9.78 Å². The second kappa shape index (κ2) is 5.31. The van der Waals surface area contributed by atoms with E-state index in [-0.39, 0.29) is 5.69 Å². The standard InChI is InChI=1S/C15H21N3O2/c16-11-7-8-12(15(19)20)17-14(11)18-9-3-5-10-4-1-2-6-13(10)18/h7-8,10,13H,1-6,9,16H2,(H,19,20)/t10-,13-/m1/s1. The second-order valence-electron chi connectivity index (χ2n) is 5.86. The Hall–Kier alpha value is -1.78. The van der Waals surface area contributed by atoms with Crippen LogP contribution in [0.1, 0.15) is 49.0 Å². The number of carboxylic acids is 1. The third-order valence-electron chi connectivity index (χ3n) is 4.64. The number of hydrogen-bond donors (Lipinski definition) is 2. The summed E-state index contributed by atoms with van der Waals surface area (Å²) in [6, 6.07) is 3.62. The highest BCUT2D eigenvalue weighted by Crippen LogP contribution is 2.38. The summed E-state index contributed by atoms with van der Waals surface area (Å²) in [4.78, 5) is 17.7. The first-order valence-electron chi connectivity index (χ1n) is 7.43. The second-order valence-corrected chi connectivity index (χ2v) is 5.86. The van der Waals surface area contributed by atoms with Crippen molar-refractivity contribution in [2.75, 3.05) is 17.2 Å². The largest absolute Gasteiger partial charge is 0.477 e. The van der Waals surface area contributed by atoms with Crippen LogP contribution in [-0.4, -0.2) is 28.6 Å². The van der Waals surface area contributed by atoms with Crippen molar-refractivity contribution in [1.82, 2.24) is 4.98 Å². The first-order chi connectivity index (χ1) is 9.66. The summed E-state index contributed by atoms with van der Waals surface area (Å²) in [6.07, 6.45) is 7.42. The van der Waals surface area contributed by atoms with Crippen LogP contribution in [0.15, 0.2) is 12.1 Å². The maximum Gasteiger partial charge on any atom is 0.354 e. The van der Waals surface area contributed by atoms with Gasteiger partial charge in [-0.1, -0.05) is 12.8 Å². The van der Waals surface area contributed by atoms with Crippen molar-refractivity contribution in [3.8, 4) is 0 Å². The number of nitrogens with two attached hydrogens (primary N) is 1. The maximum absolute atomic E-state index is 11.1. The quantitative estimate of drug-likeness (QED) is 0.867. The van der Waals surface area contributed by atoms with Crippen LogP contribution in [0.5, 0.6) is 0 Å². The highest BCUT2D eigenvalue weighted by atomic mass is 16.4. The number of piperidine rings is 1. The van der Waals surface area contributed by atoms with E-state index in [0.29, 0.717) is 23.5 Å². The number of aromatic nitrogens is 1. The summed E-state index contributed by atoms with van der Waals surface area (Å²) < 4.78 is 0. The summed E-state index contributed by atoms with van der Waals surface area (Å²) in [5.41, 5.74) is 6.71. The average Bonchev–Trinajstić information content (AvgIpc) is 2.47. The first-order valence-corrected chi connectivity index (χ1v) is 7.43. The molecular formula is C15H21N3O2.